The molecule has 1 unspecified atom stereocenters. The second-order valence-corrected chi connectivity index (χ2v) is 6.19. The topological polar surface area (TPSA) is 81.4 Å². The number of nitrogens with two attached hydrogens (primary N) is 1. The number of nitrogens with one attached hydrogen (secondary N) is 1. The van der Waals surface area contributed by atoms with Crippen molar-refractivity contribution < 1.29 is 13.2 Å². The minimum absolute atomic E-state index is 0.127. The van der Waals surface area contributed by atoms with Gasteiger partial charge in [-0.25, -0.2) is 13.1 Å². The van der Waals surface area contributed by atoms with Crippen LogP contribution >= 0.6 is 0 Å². The Bertz CT molecular complexity index is 522. The van der Waals surface area contributed by atoms with Crippen LogP contribution in [0.15, 0.2) is 23.1 Å². The Kier molecular flexibility index (Phi) is 4.01. The summed E-state index contributed by atoms with van der Waals surface area (Å²) < 4.78 is 32.1. The van der Waals surface area contributed by atoms with Crippen molar-refractivity contribution >= 4 is 10.0 Å². The number of sulfonamides is 1. The molecule has 1 aliphatic heterocycles. The van der Waals surface area contributed by atoms with Gasteiger partial charge >= 0.3 is 0 Å². The first-order valence-electron chi connectivity index (χ1n) is 5.92. The fourth-order valence-corrected chi connectivity index (χ4v) is 3.26. The monoisotopic (exact) mass is 270 g/mol. The summed E-state index contributed by atoms with van der Waals surface area (Å²) in [5.41, 5.74) is 7.44. The van der Waals surface area contributed by atoms with Crippen molar-refractivity contribution in [3.8, 4) is 0 Å². The molecule has 3 N–H and O–H groups in total. The molecule has 18 heavy (non-hydrogen) atoms. The fraction of sp³-hybridized carbons (Fsp3) is 0.500. The van der Waals surface area contributed by atoms with E-state index in [2.05, 4.69) is 4.72 Å². The zero-order valence-electron chi connectivity index (χ0n) is 10.3. The summed E-state index contributed by atoms with van der Waals surface area (Å²) in [6.07, 6.45) is 0.717. The highest BCUT2D eigenvalue weighted by atomic mass is 32.2. The van der Waals surface area contributed by atoms with Gasteiger partial charge < -0.3 is 10.5 Å². The largest absolute Gasteiger partial charge is 0.380 e. The molecule has 1 aromatic rings. The highest BCUT2D eigenvalue weighted by Gasteiger charge is 2.23. The summed E-state index contributed by atoms with van der Waals surface area (Å²) in [5, 5.41) is 0. The Labute approximate surface area is 107 Å². The first-order valence-corrected chi connectivity index (χ1v) is 7.41. The Hall–Kier alpha value is -0.950. The molecule has 0 radical (unpaired) electrons. The van der Waals surface area contributed by atoms with Gasteiger partial charge in [-0.3, -0.25) is 0 Å². The van der Waals surface area contributed by atoms with Crippen LogP contribution in [0, 0.1) is 6.92 Å². The van der Waals surface area contributed by atoms with E-state index >= 15 is 0 Å². The lowest BCUT2D eigenvalue weighted by Crippen LogP contribution is -2.35. The smallest absolute Gasteiger partial charge is 0.240 e. The highest BCUT2D eigenvalue weighted by molar-refractivity contribution is 7.89. The van der Waals surface area contributed by atoms with Gasteiger partial charge in [-0.05, 0) is 36.6 Å². The molecule has 0 amide bonds. The molecule has 1 heterocycles. The average molecular weight is 270 g/mol. The molecule has 0 saturated carbocycles. The van der Waals surface area contributed by atoms with E-state index in [-0.39, 0.29) is 10.9 Å². The lowest BCUT2D eigenvalue weighted by molar-refractivity contribution is 0.192. The molecule has 6 heteroatoms. The predicted octanol–water partition coefficient (Wildman–Crippen LogP) is 0.521. The van der Waals surface area contributed by atoms with E-state index in [9.17, 15) is 8.42 Å². The number of hydrogen-bond donors (Lipinski definition) is 2. The Morgan fingerprint density at radius 2 is 2.28 bits per heavy atom. The number of benzene rings is 1. The SMILES string of the molecule is Cc1ccc(S(=O)(=O)NC2CCOC2)cc1CN. The molecule has 0 bridgehead atoms. The van der Waals surface area contributed by atoms with Crippen molar-refractivity contribution in [2.45, 2.75) is 30.8 Å². The predicted molar refractivity (Wildman–Crippen MR) is 68.6 cm³/mol. The third-order valence-electron chi connectivity index (χ3n) is 3.10. The Morgan fingerprint density at radius 1 is 1.50 bits per heavy atom. The molecule has 1 aliphatic rings. The number of hydrogen-bond acceptors (Lipinski definition) is 4. The summed E-state index contributed by atoms with van der Waals surface area (Å²) >= 11 is 0. The molecular formula is C12H18N2O3S. The van der Waals surface area contributed by atoms with Crippen LogP contribution in [0.25, 0.3) is 0 Å². The first-order chi connectivity index (χ1) is 8.53. The van der Waals surface area contributed by atoms with E-state index in [1.54, 1.807) is 18.2 Å². The zero-order valence-corrected chi connectivity index (χ0v) is 11.2. The molecule has 1 atom stereocenters. The van der Waals surface area contributed by atoms with E-state index < -0.39 is 10.0 Å². The number of rotatable bonds is 4. The number of ether oxygens (including phenoxy) is 1. The summed E-state index contributed by atoms with van der Waals surface area (Å²) in [6.45, 7) is 3.29. The Balaban J connectivity index is 2.23. The van der Waals surface area contributed by atoms with Gasteiger partial charge in [0, 0.05) is 19.2 Å². The zero-order chi connectivity index (χ0) is 13.2. The third kappa shape index (κ3) is 2.89. The molecule has 5 nitrogen and oxygen atoms in total. The lowest BCUT2D eigenvalue weighted by atomic mass is 10.1. The van der Waals surface area contributed by atoms with Crippen LogP contribution in [0.4, 0.5) is 0 Å². The van der Waals surface area contributed by atoms with E-state index in [0.29, 0.717) is 19.8 Å². The van der Waals surface area contributed by atoms with Crippen molar-refractivity contribution in [1.82, 2.24) is 4.72 Å². The van der Waals surface area contributed by atoms with Gasteiger partial charge in [0.2, 0.25) is 10.0 Å². The molecule has 100 valence electrons. The molecule has 1 aromatic carbocycles. The van der Waals surface area contributed by atoms with Gasteiger partial charge in [-0.1, -0.05) is 6.07 Å². The first kappa shape index (κ1) is 13.5. The molecular weight excluding hydrogens is 252 g/mol. The van der Waals surface area contributed by atoms with Crippen LogP contribution in [0.2, 0.25) is 0 Å². The summed E-state index contributed by atoms with van der Waals surface area (Å²) in [7, 11) is -3.48. The summed E-state index contributed by atoms with van der Waals surface area (Å²) in [6, 6.07) is 4.89. The van der Waals surface area contributed by atoms with Crippen LogP contribution in [-0.4, -0.2) is 27.7 Å². The molecule has 1 saturated heterocycles. The molecule has 0 aliphatic carbocycles. The fourth-order valence-electron chi connectivity index (χ4n) is 1.95. The van der Waals surface area contributed by atoms with Crippen LogP contribution < -0.4 is 10.5 Å². The lowest BCUT2D eigenvalue weighted by Gasteiger charge is -2.13. The maximum atomic E-state index is 12.2. The summed E-state index contributed by atoms with van der Waals surface area (Å²) in [5.74, 6) is 0. The quantitative estimate of drug-likeness (QED) is 0.836. The maximum Gasteiger partial charge on any atom is 0.240 e. The van der Waals surface area contributed by atoms with Gasteiger partial charge in [0.25, 0.3) is 0 Å². The molecule has 0 aromatic heterocycles. The third-order valence-corrected chi connectivity index (χ3v) is 4.62. The van der Waals surface area contributed by atoms with Gasteiger partial charge in [-0.2, -0.15) is 0 Å². The van der Waals surface area contributed by atoms with E-state index in [1.807, 2.05) is 6.92 Å². The molecule has 2 rings (SSSR count). The molecule has 0 spiro atoms. The van der Waals surface area contributed by atoms with Gasteiger partial charge in [0.15, 0.2) is 0 Å². The Morgan fingerprint density at radius 3 is 2.89 bits per heavy atom. The van der Waals surface area contributed by atoms with Crippen LogP contribution in [0.3, 0.4) is 0 Å². The van der Waals surface area contributed by atoms with Crippen molar-refractivity contribution in [1.29, 1.82) is 0 Å². The van der Waals surface area contributed by atoms with Crippen molar-refractivity contribution in [2.75, 3.05) is 13.2 Å². The van der Waals surface area contributed by atoms with Crippen LogP contribution in [-0.2, 0) is 21.3 Å². The van der Waals surface area contributed by atoms with Crippen molar-refractivity contribution in [3.05, 3.63) is 29.3 Å². The van der Waals surface area contributed by atoms with Gasteiger partial charge in [0.1, 0.15) is 0 Å². The van der Waals surface area contributed by atoms with Crippen LogP contribution in [0.1, 0.15) is 17.5 Å². The van der Waals surface area contributed by atoms with Crippen LogP contribution in [0.5, 0.6) is 0 Å². The highest BCUT2D eigenvalue weighted by Crippen LogP contribution is 2.16. The van der Waals surface area contributed by atoms with E-state index in [1.165, 1.54) is 0 Å². The van der Waals surface area contributed by atoms with Gasteiger partial charge in [-0.15, -0.1) is 0 Å². The van der Waals surface area contributed by atoms with E-state index in [0.717, 1.165) is 17.5 Å². The normalized spacial score (nSPS) is 20.2. The second kappa shape index (κ2) is 5.36. The summed E-state index contributed by atoms with van der Waals surface area (Å²) in [4.78, 5) is 0.264. The van der Waals surface area contributed by atoms with Gasteiger partial charge in [0.05, 0.1) is 11.5 Å². The van der Waals surface area contributed by atoms with Crippen molar-refractivity contribution in [3.63, 3.8) is 0 Å². The second-order valence-electron chi connectivity index (χ2n) is 4.47. The molecule has 1 fully saturated rings. The maximum absolute atomic E-state index is 12.2. The standard InChI is InChI=1S/C12H18N2O3S/c1-9-2-3-12(6-10(9)7-13)18(15,16)14-11-4-5-17-8-11/h2-3,6,11,14H,4-5,7-8,13H2,1H3. The minimum atomic E-state index is -3.48. The number of aryl methyl sites for hydroxylation is 1. The van der Waals surface area contributed by atoms with Crippen molar-refractivity contribution in [2.24, 2.45) is 5.73 Å². The minimum Gasteiger partial charge on any atom is -0.380 e. The van der Waals surface area contributed by atoms with E-state index in [4.69, 9.17) is 10.5 Å². The average Bonchev–Trinajstić information content (AvgIpc) is 2.81.